The van der Waals surface area contributed by atoms with Crippen molar-refractivity contribution < 1.29 is 18.6 Å². The number of hydrogen-bond acceptors (Lipinski definition) is 4. The zero-order valence-corrected chi connectivity index (χ0v) is 20.8. The summed E-state index contributed by atoms with van der Waals surface area (Å²) in [6.07, 6.45) is 1.32. The maximum absolute atomic E-state index is 13.9. The first-order chi connectivity index (χ1) is 14.6. The van der Waals surface area contributed by atoms with Crippen molar-refractivity contribution in [3.05, 3.63) is 57.9 Å². The summed E-state index contributed by atoms with van der Waals surface area (Å²) in [5.41, 5.74) is 2.58. The Bertz CT molecular complexity index is 899. The topological polar surface area (TPSA) is 64.1 Å². The fourth-order valence-corrected chi connectivity index (χ4v) is 3.51. The smallest absolute Gasteiger partial charge is 0.191 e. The van der Waals surface area contributed by atoms with Crippen molar-refractivity contribution in [2.24, 2.45) is 4.99 Å². The third-order valence-corrected chi connectivity index (χ3v) is 5.05. The summed E-state index contributed by atoms with van der Waals surface area (Å²) >= 11 is 6.30. The van der Waals surface area contributed by atoms with E-state index in [2.05, 4.69) is 15.6 Å². The maximum atomic E-state index is 13.9. The van der Waals surface area contributed by atoms with Crippen LogP contribution in [0.4, 0.5) is 4.39 Å². The minimum atomic E-state index is -0.283. The molecule has 2 N–H and O–H groups in total. The van der Waals surface area contributed by atoms with Gasteiger partial charge < -0.3 is 24.8 Å². The minimum Gasteiger partial charge on any atom is -0.497 e. The third-order valence-electron chi connectivity index (χ3n) is 4.69. The van der Waals surface area contributed by atoms with Gasteiger partial charge in [-0.1, -0.05) is 17.7 Å². The van der Waals surface area contributed by atoms with Crippen molar-refractivity contribution in [1.29, 1.82) is 0 Å². The quantitative estimate of drug-likeness (QED) is 0.285. The normalized spacial score (nSPS) is 13.0. The van der Waals surface area contributed by atoms with Gasteiger partial charge in [-0.3, -0.25) is 4.99 Å². The molecule has 170 valence electrons. The summed E-state index contributed by atoms with van der Waals surface area (Å²) in [5.74, 6) is 1.88. The average Bonchev–Trinajstić information content (AvgIpc) is 2.74. The first-order valence-electron chi connectivity index (χ1n) is 9.97. The highest BCUT2D eigenvalue weighted by atomic mass is 127. The van der Waals surface area contributed by atoms with Gasteiger partial charge in [-0.05, 0) is 55.2 Å². The zero-order chi connectivity index (χ0) is 21.3. The van der Waals surface area contributed by atoms with E-state index in [1.54, 1.807) is 13.2 Å². The Morgan fingerprint density at radius 2 is 2.03 bits per heavy atom. The van der Waals surface area contributed by atoms with Gasteiger partial charge in [0.25, 0.3) is 0 Å². The molecule has 1 aliphatic rings. The standard InChI is InChI=1S/C22H27ClFN3O3.HI/c1-3-25-22(26-8-6-15-4-5-19(28-2)12-20(15)23)27-9-7-16-10-18(24)11-17-13-29-14-30-21(16)17;/h4-5,10-12H,3,6-9,13-14H2,1-2H3,(H2,25,26,27);1H. The monoisotopic (exact) mass is 563 g/mol. The van der Waals surface area contributed by atoms with Gasteiger partial charge in [0.2, 0.25) is 0 Å². The number of nitrogens with one attached hydrogen (secondary N) is 2. The van der Waals surface area contributed by atoms with Crippen LogP contribution in [0.5, 0.6) is 11.5 Å². The number of nitrogens with zero attached hydrogens (tertiary/aromatic N) is 1. The first-order valence-corrected chi connectivity index (χ1v) is 10.3. The van der Waals surface area contributed by atoms with Gasteiger partial charge in [-0.25, -0.2) is 4.39 Å². The van der Waals surface area contributed by atoms with Gasteiger partial charge >= 0.3 is 0 Å². The molecule has 1 aliphatic heterocycles. The van der Waals surface area contributed by atoms with Crippen LogP contribution in [0.1, 0.15) is 23.6 Å². The Labute approximate surface area is 204 Å². The van der Waals surface area contributed by atoms with Crippen LogP contribution in [-0.4, -0.2) is 39.5 Å². The molecule has 3 rings (SSSR count). The second-order valence-electron chi connectivity index (χ2n) is 6.81. The molecule has 31 heavy (non-hydrogen) atoms. The molecule has 0 fully saturated rings. The van der Waals surface area contributed by atoms with Gasteiger partial charge in [-0.2, -0.15) is 0 Å². The minimum absolute atomic E-state index is 0. The summed E-state index contributed by atoms with van der Waals surface area (Å²) in [7, 11) is 1.61. The van der Waals surface area contributed by atoms with Crippen LogP contribution in [0.15, 0.2) is 35.3 Å². The van der Waals surface area contributed by atoms with E-state index >= 15 is 0 Å². The van der Waals surface area contributed by atoms with Crippen LogP contribution in [0, 0.1) is 5.82 Å². The highest BCUT2D eigenvalue weighted by molar-refractivity contribution is 14.0. The summed E-state index contributed by atoms with van der Waals surface area (Å²) in [6.45, 7) is 4.48. The van der Waals surface area contributed by atoms with Crippen molar-refractivity contribution in [2.75, 3.05) is 33.5 Å². The van der Waals surface area contributed by atoms with Crippen molar-refractivity contribution in [2.45, 2.75) is 26.4 Å². The Morgan fingerprint density at radius 1 is 1.19 bits per heavy atom. The van der Waals surface area contributed by atoms with Gasteiger partial charge in [0.15, 0.2) is 12.8 Å². The maximum Gasteiger partial charge on any atom is 0.191 e. The molecule has 2 aromatic rings. The summed E-state index contributed by atoms with van der Waals surface area (Å²) < 4.78 is 29.9. The lowest BCUT2D eigenvalue weighted by Crippen LogP contribution is -2.38. The van der Waals surface area contributed by atoms with Crippen LogP contribution < -0.4 is 20.1 Å². The van der Waals surface area contributed by atoms with Gasteiger partial charge in [0.05, 0.1) is 13.7 Å². The van der Waals surface area contributed by atoms with Crippen molar-refractivity contribution in [3.8, 4) is 11.5 Å². The first kappa shape index (κ1) is 25.5. The molecule has 0 unspecified atom stereocenters. The van der Waals surface area contributed by atoms with E-state index in [1.807, 2.05) is 19.1 Å². The summed E-state index contributed by atoms with van der Waals surface area (Å²) in [6, 6.07) is 8.62. The summed E-state index contributed by atoms with van der Waals surface area (Å²) in [4.78, 5) is 4.61. The highest BCUT2D eigenvalue weighted by Gasteiger charge is 2.16. The molecule has 0 spiro atoms. The SMILES string of the molecule is CCNC(=NCCc1ccc(OC)cc1Cl)NCCc1cc(F)cc2c1OCOC2.I. The molecule has 0 saturated heterocycles. The van der Waals surface area contributed by atoms with E-state index in [1.165, 1.54) is 12.1 Å². The lowest BCUT2D eigenvalue weighted by Gasteiger charge is -2.21. The Balaban J connectivity index is 0.00000341. The number of methoxy groups -OCH3 is 1. The number of rotatable bonds is 8. The molecule has 0 aliphatic carbocycles. The van der Waals surface area contributed by atoms with Crippen LogP contribution in [0.25, 0.3) is 0 Å². The van der Waals surface area contributed by atoms with E-state index in [0.29, 0.717) is 43.5 Å². The molecule has 0 radical (unpaired) electrons. The van der Waals surface area contributed by atoms with Gasteiger partial charge in [0, 0.05) is 30.2 Å². The second kappa shape index (κ2) is 12.9. The lowest BCUT2D eigenvalue weighted by atomic mass is 10.1. The number of ether oxygens (including phenoxy) is 3. The van der Waals surface area contributed by atoms with Crippen molar-refractivity contribution >= 4 is 41.5 Å². The molecular weight excluding hydrogens is 536 g/mol. The van der Waals surface area contributed by atoms with E-state index in [9.17, 15) is 4.39 Å². The third kappa shape index (κ3) is 7.40. The number of hydrogen-bond donors (Lipinski definition) is 2. The van der Waals surface area contributed by atoms with Crippen LogP contribution in [0.3, 0.4) is 0 Å². The molecule has 0 bridgehead atoms. The van der Waals surface area contributed by atoms with Crippen LogP contribution >= 0.6 is 35.6 Å². The predicted octanol–water partition coefficient (Wildman–Crippen LogP) is 4.31. The Hall–Kier alpha value is -1.78. The molecule has 0 atom stereocenters. The Kier molecular flexibility index (Phi) is 10.6. The Morgan fingerprint density at radius 3 is 2.77 bits per heavy atom. The van der Waals surface area contributed by atoms with Gasteiger partial charge in [-0.15, -0.1) is 24.0 Å². The zero-order valence-electron chi connectivity index (χ0n) is 17.7. The molecule has 0 saturated carbocycles. The predicted molar refractivity (Wildman–Crippen MR) is 131 cm³/mol. The molecule has 2 aromatic carbocycles. The van der Waals surface area contributed by atoms with E-state index in [0.717, 1.165) is 34.7 Å². The summed E-state index contributed by atoms with van der Waals surface area (Å²) in [5, 5.41) is 7.18. The number of benzene rings is 2. The fourth-order valence-electron chi connectivity index (χ4n) is 3.25. The highest BCUT2D eigenvalue weighted by Crippen LogP contribution is 2.29. The molecule has 6 nitrogen and oxygen atoms in total. The number of guanidine groups is 1. The van der Waals surface area contributed by atoms with E-state index in [4.69, 9.17) is 25.8 Å². The second-order valence-corrected chi connectivity index (χ2v) is 7.22. The molecule has 1 heterocycles. The number of halogens is 3. The lowest BCUT2D eigenvalue weighted by molar-refractivity contribution is -0.0172. The van der Waals surface area contributed by atoms with Gasteiger partial charge in [0.1, 0.15) is 17.3 Å². The molecule has 0 amide bonds. The van der Waals surface area contributed by atoms with Crippen molar-refractivity contribution in [1.82, 2.24) is 10.6 Å². The van der Waals surface area contributed by atoms with Crippen LogP contribution in [-0.2, 0) is 24.2 Å². The fraction of sp³-hybridized carbons (Fsp3) is 0.409. The number of aliphatic imine (C=N–C) groups is 1. The molecule has 0 aromatic heterocycles. The van der Waals surface area contributed by atoms with E-state index < -0.39 is 0 Å². The van der Waals surface area contributed by atoms with Crippen molar-refractivity contribution in [3.63, 3.8) is 0 Å². The van der Waals surface area contributed by atoms with E-state index in [-0.39, 0.29) is 36.6 Å². The molecular formula is C22H28ClFIN3O3. The average molecular weight is 564 g/mol. The van der Waals surface area contributed by atoms with Crippen LogP contribution in [0.2, 0.25) is 5.02 Å². The molecule has 9 heteroatoms. The largest absolute Gasteiger partial charge is 0.497 e. The number of fused-ring (bicyclic) bond motifs is 1.